The summed E-state index contributed by atoms with van der Waals surface area (Å²) in [7, 11) is 1.20. The molecule has 0 saturated carbocycles. The first-order chi connectivity index (χ1) is 7.54. The third-order valence-electron chi connectivity index (χ3n) is 2.87. The third-order valence-corrected chi connectivity index (χ3v) is 2.87. The molecule has 3 nitrogen and oxygen atoms in total. The van der Waals surface area contributed by atoms with Gasteiger partial charge in [-0.1, -0.05) is 6.92 Å². The van der Waals surface area contributed by atoms with Crippen molar-refractivity contribution in [2.45, 2.75) is 19.3 Å². The zero-order chi connectivity index (χ0) is 11.9. The van der Waals surface area contributed by atoms with Crippen LogP contribution in [-0.4, -0.2) is 18.9 Å². The first-order valence-electron chi connectivity index (χ1n) is 4.99. The Hall–Kier alpha value is -1.71. The van der Waals surface area contributed by atoms with Gasteiger partial charge in [0.15, 0.2) is 5.78 Å². The smallest absolute Gasteiger partial charge is 0.340 e. The van der Waals surface area contributed by atoms with Crippen LogP contribution in [0.2, 0.25) is 0 Å². The lowest BCUT2D eigenvalue weighted by atomic mass is 10.0. The molecule has 0 heterocycles. The van der Waals surface area contributed by atoms with E-state index >= 15 is 0 Å². The van der Waals surface area contributed by atoms with E-state index in [0.29, 0.717) is 12.0 Å². The number of fused-ring (bicyclic) bond motifs is 1. The van der Waals surface area contributed by atoms with Crippen LogP contribution < -0.4 is 0 Å². The number of ketones is 1. The standard InChI is InChI=1S/C12H11FO3/c1-6-3-11(14)8-5-10(13)9(4-7(6)8)12(15)16-2/h4-6H,3H2,1-2H3. The van der Waals surface area contributed by atoms with Crippen molar-refractivity contribution in [3.05, 3.63) is 34.6 Å². The zero-order valence-corrected chi connectivity index (χ0v) is 9.04. The van der Waals surface area contributed by atoms with Crippen molar-refractivity contribution in [1.29, 1.82) is 0 Å². The normalized spacial score (nSPS) is 18.4. The molecule has 0 aromatic heterocycles. The monoisotopic (exact) mass is 222 g/mol. The van der Waals surface area contributed by atoms with Gasteiger partial charge in [0.1, 0.15) is 5.82 Å². The Balaban J connectivity index is 2.58. The molecule has 0 radical (unpaired) electrons. The predicted octanol–water partition coefficient (Wildman–Crippen LogP) is 2.30. The van der Waals surface area contributed by atoms with Gasteiger partial charge in [0.25, 0.3) is 0 Å². The van der Waals surface area contributed by atoms with Crippen LogP contribution in [-0.2, 0) is 4.74 Å². The van der Waals surface area contributed by atoms with Crippen LogP contribution in [0.5, 0.6) is 0 Å². The minimum atomic E-state index is -0.716. The zero-order valence-electron chi connectivity index (χ0n) is 9.04. The summed E-state index contributed by atoms with van der Waals surface area (Å²) in [6, 6.07) is 2.56. The first-order valence-corrected chi connectivity index (χ1v) is 4.99. The number of methoxy groups -OCH3 is 1. The Morgan fingerprint density at radius 2 is 2.19 bits per heavy atom. The summed E-state index contributed by atoms with van der Waals surface area (Å²) in [4.78, 5) is 22.8. The van der Waals surface area contributed by atoms with Crippen molar-refractivity contribution >= 4 is 11.8 Å². The van der Waals surface area contributed by atoms with Gasteiger partial charge >= 0.3 is 5.97 Å². The number of carbonyl (C=O) groups is 2. The van der Waals surface area contributed by atoms with E-state index in [-0.39, 0.29) is 17.3 Å². The van der Waals surface area contributed by atoms with Crippen molar-refractivity contribution in [3.63, 3.8) is 0 Å². The number of esters is 1. The SMILES string of the molecule is COC(=O)c1cc2c(cc1F)C(=O)CC2C. The maximum Gasteiger partial charge on any atom is 0.340 e. The summed E-state index contributed by atoms with van der Waals surface area (Å²) in [5, 5.41) is 0. The highest BCUT2D eigenvalue weighted by molar-refractivity contribution is 6.02. The van der Waals surface area contributed by atoms with Crippen molar-refractivity contribution in [2.24, 2.45) is 0 Å². The molecular formula is C12H11FO3. The maximum atomic E-state index is 13.5. The summed E-state index contributed by atoms with van der Waals surface area (Å²) >= 11 is 0. The van der Waals surface area contributed by atoms with Gasteiger partial charge in [0.05, 0.1) is 12.7 Å². The molecule has 4 heteroatoms. The van der Waals surface area contributed by atoms with Crippen LogP contribution in [0.3, 0.4) is 0 Å². The summed E-state index contributed by atoms with van der Waals surface area (Å²) < 4.78 is 18.0. The quantitative estimate of drug-likeness (QED) is 0.685. The fourth-order valence-electron chi connectivity index (χ4n) is 2.00. The highest BCUT2D eigenvalue weighted by Crippen LogP contribution is 2.34. The van der Waals surface area contributed by atoms with Gasteiger partial charge < -0.3 is 4.74 Å². The Labute approximate surface area is 92.2 Å². The Bertz CT molecular complexity index is 479. The number of halogens is 1. The van der Waals surface area contributed by atoms with Gasteiger partial charge in [0.2, 0.25) is 0 Å². The maximum absolute atomic E-state index is 13.5. The van der Waals surface area contributed by atoms with Gasteiger partial charge in [-0.05, 0) is 23.6 Å². The molecule has 0 aliphatic heterocycles. The molecule has 84 valence electrons. The number of benzene rings is 1. The molecule has 16 heavy (non-hydrogen) atoms. The molecule has 1 aliphatic rings. The molecule has 0 spiro atoms. The van der Waals surface area contributed by atoms with E-state index < -0.39 is 11.8 Å². The average Bonchev–Trinajstić information content (AvgIpc) is 2.52. The van der Waals surface area contributed by atoms with E-state index in [0.717, 1.165) is 11.6 Å². The lowest BCUT2D eigenvalue weighted by molar-refractivity contribution is 0.0595. The molecule has 0 N–H and O–H groups in total. The van der Waals surface area contributed by atoms with Gasteiger partial charge in [0, 0.05) is 12.0 Å². The van der Waals surface area contributed by atoms with E-state index in [1.807, 2.05) is 6.92 Å². The van der Waals surface area contributed by atoms with E-state index in [4.69, 9.17) is 0 Å². The number of Topliss-reactive ketones (excluding diaryl/α,β-unsaturated/α-hetero) is 1. The topological polar surface area (TPSA) is 43.4 Å². The minimum Gasteiger partial charge on any atom is -0.465 e. The second-order valence-corrected chi connectivity index (χ2v) is 3.94. The molecule has 0 saturated heterocycles. The number of hydrogen-bond acceptors (Lipinski definition) is 3. The molecule has 1 aliphatic carbocycles. The number of rotatable bonds is 1. The van der Waals surface area contributed by atoms with Crippen LogP contribution in [0.25, 0.3) is 0 Å². The van der Waals surface area contributed by atoms with Crippen LogP contribution in [0, 0.1) is 5.82 Å². The molecule has 1 atom stereocenters. The predicted molar refractivity (Wildman–Crippen MR) is 55.1 cm³/mol. The van der Waals surface area contributed by atoms with E-state index in [1.54, 1.807) is 0 Å². The molecule has 1 aromatic rings. The van der Waals surface area contributed by atoms with Gasteiger partial charge in [-0.15, -0.1) is 0 Å². The lowest BCUT2D eigenvalue weighted by Crippen LogP contribution is -2.06. The summed E-state index contributed by atoms with van der Waals surface area (Å²) in [5.41, 5.74) is 1.01. The second kappa shape index (κ2) is 3.70. The third kappa shape index (κ3) is 1.50. The number of hydrogen-bond donors (Lipinski definition) is 0. The molecule has 0 bridgehead atoms. The van der Waals surface area contributed by atoms with Crippen LogP contribution in [0.15, 0.2) is 12.1 Å². The van der Waals surface area contributed by atoms with E-state index in [2.05, 4.69) is 4.74 Å². The first kappa shape index (κ1) is 10.8. The highest BCUT2D eigenvalue weighted by atomic mass is 19.1. The van der Waals surface area contributed by atoms with Crippen LogP contribution in [0.1, 0.15) is 45.5 Å². The minimum absolute atomic E-state index is 0.0338. The van der Waals surface area contributed by atoms with Crippen LogP contribution >= 0.6 is 0 Å². The second-order valence-electron chi connectivity index (χ2n) is 3.94. The van der Waals surface area contributed by atoms with Gasteiger partial charge in [-0.2, -0.15) is 0 Å². The van der Waals surface area contributed by atoms with Crippen molar-refractivity contribution in [2.75, 3.05) is 7.11 Å². The number of carbonyl (C=O) groups excluding carboxylic acids is 2. The fraction of sp³-hybridized carbons (Fsp3) is 0.333. The highest BCUT2D eigenvalue weighted by Gasteiger charge is 2.29. The van der Waals surface area contributed by atoms with Crippen molar-refractivity contribution in [3.8, 4) is 0 Å². The van der Waals surface area contributed by atoms with E-state index in [9.17, 15) is 14.0 Å². The molecule has 0 amide bonds. The molecule has 0 fully saturated rings. The lowest BCUT2D eigenvalue weighted by Gasteiger charge is -2.06. The Morgan fingerprint density at radius 3 is 2.81 bits per heavy atom. The van der Waals surface area contributed by atoms with E-state index in [1.165, 1.54) is 13.2 Å². The summed E-state index contributed by atoms with van der Waals surface area (Å²) in [6.45, 7) is 1.88. The molecule has 1 unspecified atom stereocenters. The van der Waals surface area contributed by atoms with Gasteiger partial charge in [-0.25, -0.2) is 9.18 Å². The molecule has 1 aromatic carbocycles. The van der Waals surface area contributed by atoms with Gasteiger partial charge in [-0.3, -0.25) is 4.79 Å². The van der Waals surface area contributed by atoms with Crippen molar-refractivity contribution in [1.82, 2.24) is 0 Å². The molecule has 2 rings (SSSR count). The average molecular weight is 222 g/mol. The molecular weight excluding hydrogens is 211 g/mol. The number of ether oxygens (including phenoxy) is 1. The fourth-order valence-corrected chi connectivity index (χ4v) is 2.00. The summed E-state index contributed by atoms with van der Waals surface area (Å²) in [6.07, 6.45) is 0.374. The van der Waals surface area contributed by atoms with Crippen LogP contribution in [0.4, 0.5) is 4.39 Å². The summed E-state index contributed by atoms with van der Waals surface area (Å²) in [5.74, 6) is -1.45. The van der Waals surface area contributed by atoms with Crippen molar-refractivity contribution < 1.29 is 18.7 Å². The Morgan fingerprint density at radius 1 is 1.50 bits per heavy atom. The largest absolute Gasteiger partial charge is 0.465 e. The Kier molecular flexibility index (Phi) is 2.50.